The Morgan fingerprint density at radius 1 is 1.08 bits per heavy atom. The molecule has 0 aliphatic carbocycles. The number of aromatic nitrogens is 4. The number of piperazine rings is 1. The largest absolute Gasteiger partial charge is 0.417 e. The van der Waals surface area contributed by atoms with Gasteiger partial charge in [-0.2, -0.15) is 18.4 Å². The maximum absolute atomic E-state index is 14.9. The molecular formula is C27H28F4N8. The van der Waals surface area contributed by atoms with Crippen LogP contribution in [0.3, 0.4) is 0 Å². The van der Waals surface area contributed by atoms with E-state index in [0.29, 0.717) is 5.56 Å². The van der Waals surface area contributed by atoms with Crippen molar-refractivity contribution in [1.29, 1.82) is 5.26 Å². The molecular weight excluding hydrogens is 512 g/mol. The van der Waals surface area contributed by atoms with Gasteiger partial charge in [0.15, 0.2) is 0 Å². The van der Waals surface area contributed by atoms with Crippen LogP contribution in [0.5, 0.6) is 0 Å². The molecule has 4 heterocycles. The lowest BCUT2D eigenvalue weighted by molar-refractivity contribution is -0.137. The monoisotopic (exact) mass is 540 g/mol. The number of aromatic amines is 1. The first-order valence-corrected chi connectivity index (χ1v) is 12.5. The van der Waals surface area contributed by atoms with Crippen LogP contribution >= 0.6 is 0 Å². The van der Waals surface area contributed by atoms with Gasteiger partial charge in [-0.25, -0.2) is 19.3 Å². The smallest absolute Gasteiger partial charge is 0.369 e. The number of nitrogens with one attached hydrogen (secondary N) is 2. The predicted octanol–water partition coefficient (Wildman–Crippen LogP) is 5.44. The lowest BCUT2D eigenvalue weighted by Crippen LogP contribution is -2.44. The van der Waals surface area contributed by atoms with Crippen LogP contribution in [0.4, 0.5) is 29.2 Å². The fraction of sp³-hybridized carbons (Fsp3) is 0.333. The first-order chi connectivity index (χ1) is 18.7. The molecule has 1 aromatic carbocycles. The van der Waals surface area contributed by atoms with Gasteiger partial charge in [0, 0.05) is 67.3 Å². The third-order valence-electron chi connectivity index (χ3n) is 6.36. The number of halogens is 4. The Morgan fingerprint density at radius 2 is 1.82 bits per heavy atom. The first kappa shape index (κ1) is 27.8. The van der Waals surface area contributed by atoms with E-state index in [-0.39, 0.29) is 46.2 Å². The molecule has 1 aliphatic rings. The van der Waals surface area contributed by atoms with E-state index in [9.17, 15) is 22.8 Å². The van der Waals surface area contributed by atoms with Gasteiger partial charge in [0.25, 0.3) is 0 Å². The summed E-state index contributed by atoms with van der Waals surface area (Å²) in [4.78, 5) is 19.5. The highest BCUT2D eigenvalue weighted by Gasteiger charge is 2.31. The lowest BCUT2D eigenvalue weighted by Gasteiger charge is -2.34. The van der Waals surface area contributed by atoms with Gasteiger partial charge in [0.1, 0.15) is 17.5 Å². The Kier molecular flexibility index (Phi) is 8.30. The van der Waals surface area contributed by atoms with Crippen LogP contribution in [-0.4, -0.2) is 58.1 Å². The minimum absolute atomic E-state index is 0.0755. The molecule has 39 heavy (non-hydrogen) atoms. The highest BCUT2D eigenvalue weighted by atomic mass is 19.4. The van der Waals surface area contributed by atoms with E-state index in [2.05, 4.69) is 42.1 Å². The summed E-state index contributed by atoms with van der Waals surface area (Å²) in [5.41, 5.74) is 1.02. The van der Waals surface area contributed by atoms with E-state index in [4.69, 9.17) is 0 Å². The van der Waals surface area contributed by atoms with Crippen molar-refractivity contribution in [3.05, 3.63) is 65.4 Å². The molecule has 3 aromatic heterocycles. The molecule has 12 heteroatoms. The number of hydrogen-bond donors (Lipinski definition) is 2. The number of pyridine rings is 1. The van der Waals surface area contributed by atoms with Gasteiger partial charge in [-0.1, -0.05) is 19.9 Å². The molecule has 0 unspecified atom stereocenters. The van der Waals surface area contributed by atoms with Crippen LogP contribution in [0.25, 0.3) is 22.3 Å². The van der Waals surface area contributed by atoms with E-state index >= 15 is 0 Å². The summed E-state index contributed by atoms with van der Waals surface area (Å²) in [7, 11) is 2.05. The van der Waals surface area contributed by atoms with Crippen LogP contribution in [0.2, 0.25) is 0 Å². The number of H-pyrrole nitrogens is 1. The zero-order chi connectivity index (χ0) is 28.2. The molecule has 1 aliphatic heterocycles. The van der Waals surface area contributed by atoms with Gasteiger partial charge in [0.05, 0.1) is 23.0 Å². The summed E-state index contributed by atoms with van der Waals surface area (Å²) in [5.74, 6) is -0.272. The van der Waals surface area contributed by atoms with Gasteiger partial charge < -0.3 is 20.1 Å². The van der Waals surface area contributed by atoms with Crippen molar-refractivity contribution in [1.82, 2.24) is 24.8 Å². The zero-order valence-corrected chi connectivity index (χ0v) is 21.8. The van der Waals surface area contributed by atoms with E-state index in [1.54, 1.807) is 6.07 Å². The quantitative estimate of drug-likeness (QED) is 0.326. The van der Waals surface area contributed by atoms with Gasteiger partial charge >= 0.3 is 6.18 Å². The Bertz CT molecular complexity index is 1480. The summed E-state index contributed by atoms with van der Waals surface area (Å²) in [6.45, 7) is 7.54. The van der Waals surface area contributed by atoms with Crippen molar-refractivity contribution in [2.45, 2.75) is 26.6 Å². The van der Waals surface area contributed by atoms with Gasteiger partial charge in [-0.15, -0.1) is 0 Å². The lowest BCUT2D eigenvalue weighted by atomic mass is 10.1. The van der Waals surface area contributed by atoms with E-state index < -0.39 is 11.7 Å². The second kappa shape index (κ2) is 11.7. The number of hydrogen-bond acceptors (Lipinski definition) is 7. The molecule has 5 rings (SSSR count). The summed E-state index contributed by atoms with van der Waals surface area (Å²) in [6.07, 6.45) is -1.11. The summed E-state index contributed by atoms with van der Waals surface area (Å²) < 4.78 is 54.5. The van der Waals surface area contributed by atoms with Crippen molar-refractivity contribution in [2.75, 3.05) is 43.4 Å². The SMILES string of the molecule is CC.CN1CCN(c2ccc(CNc3ncc(C#N)c(-c4c[nH]c5ncc(C(F)(F)F)cc45)n3)c(F)c2)CC1. The number of rotatable bonds is 5. The maximum atomic E-state index is 14.9. The molecule has 0 spiro atoms. The summed E-state index contributed by atoms with van der Waals surface area (Å²) in [5, 5.41) is 12.7. The van der Waals surface area contributed by atoms with Crippen LogP contribution in [0.1, 0.15) is 30.5 Å². The Hall–Kier alpha value is -4.24. The fourth-order valence-electron chi connectivity index (χ4n) is 4.22. The first-order valence-electron chi connectivity index (χ1n) is 12.5. The molecule has 0 radical (unpaired) electrons. The Morgan fingerprint density at radius 3 is 2.49 bits per heavy atom. The van der Waals surface area contributed by atoms with E-state index in [1.807, 2.05) is 26.0 Å². The molecule has 1 saturated heterocycles. The molecule has 2 N–H and O–H groups in total. The number of alkyl halides is 3. The fourth-order valence-corrected chi connectivity index (χ4v) is 4.22. The molecule has 0 atom stereocenters. The second-order valence-corrected chi connectivity index (χ2v) is 8.81. The molecule has 204 valence electrons. The molecule has 4 aromatic rings. The summed E-state index contributed by atoms with van der Waals surface area (Å²) >= 11 is 0. The number of nitrogens with zero attached hydrogens (tertiary/aromatic N) is 6. The highest BCUT2D eigenvalue weighted by Crippen LogP contribution is 2.34. The number of nitriles is 1. The van der Waals surface area contributed by atoms with Crippen LogP contribution < -0.4 is 10.2 Å². The third kappa shape index (κ3) is 6.09. The number of likely N-dealkylation sites (N-methyl/N-ethyl adjacent to an activating group) is 1. The van der Waals surface area contributed by atoms with Crippen molar-refractivity contribution in [3.8, 4) is 17.3 Å². The highest BCUT2D eigenvalue weighted by molar-refractivity contribution is 5.94. The molecule has 0 amide bonds. The molecule has 8 nitrogen and oxygen atoms in total. The van der Waals surface area contributed by atoms with Gasteiger partial charge in [0.2, 0.25) is 5.95 Å². The normalized spacial score (nSPS) is 14.1. The predicted molar refractivity (Wildman–Crippen MR) is 142 cm³/mol. The number of anilines is 2. The van der Waals surface area contributed by atoms with E-state index in [1.165, 1.54) is 18.5 Å². The van der Waals surface area contributed by atoms with Gasteiger partial charge in [-0.05, 0) is 25.2 Å². The minimum atomic E-state index is -4.57. The average Bonchev–Trinajstić information content (AvgIpc) is 3.36. The van der Waals surface area contributed by atoms with Crippen molar-refractivity contribution < 1.29 is 17.6 Å². The molecule has 0 saturated carbocycles. The number of benzene rings is 1. The Balaban J connectivity index is 0.00000172. The third-order valence-corrected chi connectivity index (χ3v) is 6.36. The number of fused-ring (bicyclic) bond motifs is 1. The second-order valence-electron chi connectivity index (χ2n) is 8.81. The Labute approximate surface area is 223 Å². The van der Waals surface area contributed by atoms with Crippen LogP contribution in [0, 0.1) is 17.1 Å². The van der Waals surface area contributed by atoms with Gasteiger partial charge in [-0.3, -0.25) is 0 Å². The standard InChI is InChI=1S/C25H22F4N8.C2H6/c1-36-4-6-37(7-5-36)18-3-2-15(21(26)9-18)11-33-24-34-12-16(10-30)22(35-24)20-14-32-23-19(20)8-17(13-31-23)25(27,28)29;1-2/h2-3,8-9,12-14H,4-7,11H2,1H3,(H,31,32)(H,33,34,35);1-2H3. The molecule has 0 bridgehead atoms. The molecule has 1 fully saturated rings. The zero-order valence-electron chi connectivity index (χ0n) is 21.8. The topological polar surface area (TPSA) is 96.8 Å². The van der Waals surface area contributed by atoms with E-state index in [0.717, 1.165) is 44.1 Å². The van der Waals surface area contributed by atoms with Crippen LogP contribution in [-0.2, 0) is 12.7 Å². The summed E-state index contributed by atoms with van der Waals surface area (Å²) in [6, 6.07) is 8.00. The van der Waals surface area contributed by atoms with Crippen molar-refractivity contribution >= 4 is 22.7 Å². The van der Waals surface area contributed by atoms with Crippen LogP contribution in [0.15, 0.2) is 42.9 Å². The average molecular weight is 541 g/mol. The van der Waals surface area contributed by atoms with Crippen molar-refractivity contribution in [2.24, 2.45) is 0 Å². The maximum Gasteiger partial charge on any atom is 0.417 e. The minimum Gasteiger partial charge on any atom is -0.369 e. The van der Waals surface area contributed by atoms with Crippen molar-refractivity contribution in [3.63, 3.8) is 0 Å².